The van der Waals surface area contributed by atoms with Crippen LogP contribution in [0.25, 0.3) is 0 Å². The van der Waals surface area contributed by atoms with Gasteiger partial charge in [0.1, 0.15) is 18.1 Å². The number of rotatable bonds is 8. The van der Waals surface area contributed by atoms with Gasteiger partial charge in [-0.15, -0.1) is 0 Å². The van der Waals surface area contributed by atoms with Crippen molar-refractivity contribution in [1.29, 1.82) is 0 Å². The van der Waals surface area contributed by atoms with Crippen LogP contribution in [0.5, 0.6) is 11.5 Å². The number of hydrogen-bond donors (Lipinski definition) is 1. The zero-order valence-electron chi connectivity index (χ0n) is 14.3. The lowest BCUT2D eigenvalue weighted by Gasteiger charge is -2.13. The first-order valence-electron chi connectivity index (χ1n) is 8.22. The Bertz CT molecular complexity index is 606. The molecule has 2 aromatic carbocycles. The molecule has 3 heteroatoms. The third-order valence-corrected chi connectivity index (χ3v) is 3.96. The normalized spacial score (nSPS) is 10.8. The van der Waals surface area contributed by atoms with E-state index in [1.165, 1.54) is 11.1 Å². The maximum Gasteiger partial charge on any atom is 0.125 e. The van der Waals surface area contributed by atoms with Gasteiger partial charge in [-0.25, -0.2) is 0 Å². The molecule has 2 rings (SSSR count). The predicted molar refractivity (Wildman–Crippen MR) is 95.2 cm³/mol. The molecule has 0 saturated carbocycles. The van der Waals surface area contributed by atoms with Crippen LogP contribution in [0.1, 0.15) is 42.9 Å². The molecule has 0 aliphatic carbocycles. The lowest BCUT2D eigenvalue weighted by Crippen LogP contribution is -2.03. The molecular formula is C20H27NO2. The van der Waals surface area contributed by atoms with Gasteiger partial charge >= 0.3 is 0 Å². The molecule has 0 aromatic heterocycles. The predicted octanol–water partition coefficient (Wildman–Crippen LogP) is 4.29. The molecule has 23 heavy (non-hydrogen) atoms. The van der Waals surface area contributed by atoms with E-state index in [0.29, 0.717) is 19.1 Å². The molecule has 0 radical (unpaired) electrons. The fourth-order valence-corrected chi connectivity index (χ4v) is 2.52. The second-order valence-corrected chi connectivity index (χ2v) is 6.05. The van der Waals surface area contributed by atoms with E-state index in [4.69, 9.17) is 15.2 Å². The lowest BCUT2D eigenvalue weighted by molar-refractivity contribution is 0.296. The summed E-state index contributed by atoms with van der Waals surface area (Å²) < 4.78 is 11.4. The standard InChI is InChI=1S/C20H27NO2/c1-15(2)17-7-9-19(10-8-17)23-14-18-13-16(5-4-12-21)6-11-20(18)22-3/h6-11,13,15H,4-5,12,14,21H2,1-3H3. The smallest absolute Gasteiger partial charge is 0.125 e. The van der Waals surface area contributed by atoms with Crippen LogP contribution in [0, 0.1) is 0 Å². The van der Waals surface area contributed by atoms with Crippen molar-refractivity contribution in [1.82, 2.24) is 0 Å². The molecule has 0 heterocycles. The molecule has 2 aromatic rings. The average Bonchev–Trinajstić information content (AvgIpc) is 2.58. The minimum absolute atomic E-state index is 0.501. The first-order valence-corrected chi connectivity index (χ1v) is 8.22. The first-order chi connectivity index (χ1) is 11.1. The molecule has 0 fully saturated rings. The highest BCUT2D eigenvalue weighted by molar-refractivity contribution is 5.38. The average molecular weight is 313 g/mol. The van der Waals surface area contributed by atoms with Crippen LogP contribution >= 0.6 is 0 Å². The topological polar surface area (TPSA) is 44.5 Å². The first kappa shape index (κ1) is 17.4. The minimum atomic E-state index is 0.501. The Balaban J connectivity index is 2.05. The van der Waals surface area contributed by atoms with E-state index in [1.807, 2.05) is 18.2 Å². The number of nitrogens with two attached hydrogens (primary N) is 1. The van der Waals surface area contributed by atoms with Gasteiger partial charge in [-0.3, -0.25) is 0 Å². The van der Waals surface area contributed by atoms with Crippen molar-refractivity contribution in [2.45, 2.75) is 39.2 Å². The van der Waals surface area contributed by atoms with E-state index in [2.05, 4.69) is 38.1 Å². The van der Waals surface area contributed by atoms with Crippen molar-refractivity contribution in [2.24, 2.45) is 5.73 Å². The number of aryl methyl sites for hydroxylation is 1. The van der Waals surface area contributed by atoms with Gasteiger partial charge in [-0.05, 0) is 60.7 Å². The van der Waals surface area contributed by atoms with Crippen molar-refractivity contribution < 1.29 is 9.47 Å². The van der Waals surface area contributed by atoms with Crippen molar-refractivity contribution in [3.05, 3.63) is 59.2 Å². The zero-order valence-corrected chi connectivity index (χ0v) is 14.3. The van der Waals surface area contributed by atoms with Gasteiger partial charge in [0.2, 0.25) is 0 Å². The summed E-state index contributed by atoms with van der Waals surface area (Å²) in [4.78, 5) is 0. The van der Waals surface area contributed by atoms with Crippen LogP contribution in [0.15, 0.2) is 42.5 Å². The van der Waals surface area contributed by atoms with Gasteiger partial charge in [0.05, 0.1) is 7.11 Å². The SMILES string of the molecule is COc1ccc(CCCN)cc1COc1ccc(C(C)C)cc1. The zero-order chi connectivity index (χ0) is 16.7. The molecule has 0 saturated heterocycles. The molecule has 0 aliphatic heterocycles. The van der Waals surface area contributed by atoms with Crippen molar-refractivity contribution >= 4 is 0 Å². The summed E-state index contributed by atoms with van der Waals surface area (Å²) in [7, 11) is 1.69. The van der Waals surface area contributed by atoms with Crippen LogP contribution in [-0.2, 0) is 13.0 Å². The van der Waals surface area contributed by atoms with E-state index in [-0.39, 0.29) is 0 Å². The molecule has 0 atom stereocenters. The lowest BCUT2D eigenvalue weighted by atomic mass is 10.0. The van der Waals surface area contributed by atoms with Gasteiger partial charge in [-0.1, -0.05) is 32.0 Å². The summed E-state index contributed by atoms with van der Waals surface area (Å²) >= 11 is 0. The summed E-state index contributed by atoms with van der Waals surface area (Å²) in [5, 5.41) is 0. The summed E-state index contributed by atoms with van der Waals surface area (Å²) in [5.41, 5.74) is 9.24. The summed E-state index contributed by atoms with van der Waals surface area (Å²) in [5.74, 6) is 2.27. The monoisotopic (exact) mass is 313 g/mol. The molecule has 0 amide bonds. The molecular weight excluding hydrogens is 286 g/mol. The van der Waals surface area contributed by atoms with Gasteiger partial charge in [-0.2, -0.15) is 0 Å². The Hall–Kier alpha value is -2.00. The third-order valence-electron chi connectivity index (χ3n) is 3.96. The van der Waals surface area contributed by atoms with Gasteiger partial charge < -0.3 is 15.2 Å². The van der Waals surface area contributed by atoms with Gasteiger partial charge in [0.15, 0.2) is 0 Å². The maximum atomic E-state index is 5.92. The van der Waals surface area contributed by atoms with Crippen LogP contribution in [0.2, 0.25) is 0 Å². The van der Waals surface area contributed by atoms with E-state index >= 15 is 0 Å². The Morgan fingerprint density at radius 2 is 1.78 bits per heavy atom. The maximum absolute atomic E-state index is 5.92. The molecule has 3 nitrogen and oxygen atoms in total. The van der Waals surface area contributed by atoms with Crippen molar-refractivity contribution in [3.63, 3.8) is 0 Å². The number of benzene rings is 2. The van der Waals surface area contributed by atoms with Crippen molar-refractivity contribution in [2.75, 3.05) is 13.7 Å². The Morgan fingerprint density at radius 3 is 2.39 bits per heavy atom. The highest BCUT2D eigenvalue weighted by atomic mass is 16.5. The van der Waals surface area contributed by atoms with Gasteiger partial charge in [0, 0.05) is 5.56 Å². The minimum Gasteiger partial charge on any atom is -0.496 e. The fraction of sp³-hybridized carbons (Fsp3) is 0.400. The quantitative estimate of drug-likeness (QED) is 0.790. The van der Waals surface area contributed by atoms with Crippen LogP contribution in [-0.4, -0.2) is 13.7 Å². The molecule has 0 aliphatic rings. The molecule has 0 bridgehead atoms. The van der Waals surface area contributed by atoms with Crippen LogP contribution in [0.3, 0.4) is 0 Å². The van der Waals surface area contributed by atoms with E-state index < -0.39 is 0 Å². The summed E-state index contributed by atoms with van der Waals surface area (Å²) in [6.45, 7) is 5.59. The number of hydrogen-bond acceptors (Lipinski definition) is 3. The largest absolute Gasteiger partial charge is 0.496 e. The van der Waals surface area contributed by atoms with E-state index in [1.54, 1.807) is 7.11 Å². The third kappa shape index (κ3) is 5.00. The summed E-state index contributed by atoms with van der Waals surface area (Å²) in [6, 6.07) is 14.5. The van der Waals surface area contributed by atoms with Crippen LogP contribution in [0.4, 0.5) is 0 Å². The Morgan fingerprint density at radius 1 is 1.04 bits per heavy atom. The second-order valence-electron chi connectivity index (χ2n) is 6.05. The molecule has 0 unspecified atom stereocenters. The Kier molecular flexibility index (Phi) is 6.48. The van der Waals surface area contributed by atoms with Gasteiger partial charge in [0.25, 0.3) is 0 Å². The number of methoxy groups -OCH3 is 1. The molecule has 124 valence electrons. The molecule has 0 spiro atoms. The highest BCUT2D eigenvalue weighted by Gasteiger charge is 2.06. The van der Waals surface area contributed by atoms with E-state index in [9.17, 15) is 0 Å². The highest BCUT2D eigenvalue weighted by Crippen LogP contribution is 2.24. The summed E-state index contributed by atoms with van der Waals surface area (Å²) in [6.07, 6.45) is 1.97. The van der Waals surface area contributed by atoms with E-state index in [0.717, 1.165) is 29.9 Å². The van der Waals surface area contributed by atoms with Crippen molar-refractivity contribution in [3.8, 4) is 11.5 Å². The number of ether oxygens (including phenoxy) is 2. The second kappa shape index (κ2) is 8.59. The fourth-order valence-electron chi connectivity index (χ4n) is 2.52. The van der Waals surface area contributed by atoms with Crippen LogP contribution < -0.4 is 15.2 Å². The Labute approximate surface area is 139 Å². The molecule has 2 N–H and O–H groups in total.